The number of carbonyl (C=O) groups is 1. The van der Waals surface area contributed by atoms with E-state index in [9.17, 15) is 4.79 Å². The number of ether oxygens (including phenoxy) is 1. The van der Waals surface area contributed by atoms with E-state index in [-0.39, 0.29) is 12.5 Å². The van der Waals surface area contributed by atoms with E-state index >= 15 is 0 Å². The van der Waals surface area contributed by atoms with E-state index in [2.05, 4.69) is 22.4 Å². The molecule has 2 aromatic heterocycles. The van der Waals surface area contributed by atoms with Crippen LogP contribution in [0.15, 0.2) is 54.9 Å². The second kappa shape index (κ2) is 9.39. The Morgan fingerprint density at radius 1 is 1.18 bits per heavy atom. The Balaban J connectivity index is 1.19. The van der Waals surface area contributed by atoms with Gasteiger partial charge in [0.25, 0.3) is 5.91 Å². The summed E-state index contributed by atoms with van der Waals surface area (Å²) in [5.41, 5.74) is 3.20. The molecule has 0 unspecified atom stereocenters. The number of aromatic nitrogens is 2. The minimum atomic E-state index is -0.119. The molecular formula is C21H23N3O2S2. The first-order chi connectivity index (χ1) is 13.8. The molecule has 1 aromatic carbocycles. The Kier molecular flexibility index (Phi) is 6.44. The van der Waals surface area contributed by atoms with Gasteiger partial charge in [-0.15, -0.1) is 23.5 Å². The number of fused-ring (bicyclic) bond motifs is 1. The molecule has 0 saturated carbocycles. The number of amides is 1. The zero-order valence-electron chi connectivity index (χ0n) is 15.5. The Morgan fingerprint density at radius 3 is 2.79 bits per heavy atom. The third kappa shape index (κ3) is 5.02. The number of pyridine rings is 1. The molecule has 0 bridgehead atoms. The van der Waals surface area contributed by atoms with Crippen molar-refractivity contribution in [3.63, 3.8) is 0 Å². The van der Waals surface area contributed by atoms with E-state index in [1.807, 2.05) is 70.6 Å². The fourth-order valence-electron chi connectivity index (χ4n) is 3.04. The molecule has 3 aromatic rings. The van der Waals surface area contributed by atoms with Crippen LogP contribution >= 0.6 is 23.5 Å². The fraction of sp³-hybridized carbons (Fsp3) is 0.333. The largest absolute Gasteiger partial charge is 0.484 e. The highest BCUT2D eigenvalue weighted by molar-refractivity contribution is 8.16. The van der Waals surface area contributed by atoms with Crippen LogP contribution in [0.3, 0.4) is 0 Å². The lowest BCUT2D eigenvalue weighted by Gasteiger charge is -2.21. The molecule has 1 amide bonds. The van der Waals surface area contributed by atoms with Gasteiger partial charge in [0.05, 0.1) is 10.3 Å². The van der Waals surface area contributed by atoms with E-state index in [1.165, 1.54) is 23.5 Å². The van der Waals surface area contributed by atoms with Crippen molar-refractivity contribution in [3.05, 3.63) is 66.1 Å². The van der Waals surface area contributed by atoms with Crippen molar-refractivity contribution < 1.29 is 9.53 Å². The number of hydrogen-bond acceptors (Lipinski definition) is 5. The molecule has 4 rings (SSSR count). The molecule has 0 spiro atoms. The number of thioether (sulfide) groups is 2. The Labute approximate surface area is 173 Å². The number of hydrogen-bond donors (Lipinski definition) is 1. The van der Waals surface area contributed by atoms with Crippen molar-refractivity contribution in [1.29, 1.82) is 0 Å². The van der Waals surface area contributed by atoms with Crippen LogP contribution in [0.5, 0.6) is 5.75 Å². The lowest BCUT2D eigenvalue weighted by Crippen LogP contribution is -2.30. The van der Waals surface area contributed by atoms with E-state index in [0.29, 0.717) is 17.5 Å². The molecule has 1 aliphatic rings. The van der Waals surface area contributed by atoms with Gasteiger partial charge < -0.3 is 14.5 Å². The second-order valence-corrected chi connectivity index (χ2v) is 9.31. The van der Waals surface area contributed by atoms with Crippen LogP contribution in [0, 0.1) is 0 Å². The molecule has 1 fully saturated rings. The van der Waals surface area contributed by atoms with Crippen molar-refractivity contribution in [3.8, 4) is 5.75 Å². The van der Waals surface area contributed by atoms with Crippen LogP contribution in [0.2, 0.25) is 0 Å². The highest BCUT2D eigenvalue weighted by atomic mass is 32.2. The molecule has 7 heteroatoms. The predicted molar refractivity (Wildman–Crippen MR) is 116 cm³/mol. The standard InChI is InChI=1S/C21H23N3O2S2/c25-20(22-10-9-17-14-24-11-2-1-4-19(24)23-17)15-26-18-7-5-16(6-8-18)21-27-12-3-13-28-21/h1-2,4-8,11,14,21H,3,9-10,12-13,15H2,(H,22,25). The van der Waals surface area contributed by atoms with Gasteiger partial charge in [0.15, 0.2) is 6.61 Å². The van der Waals surface area contributed by atoms with Gasteiger partial charge in [-0.25, -0.2) is 4.98 Å². The summed E-state index contributed by atoms with van der Waals surface area (Å²) >= 11 is 4.00. The SMILES string of the molecule is O=C(COc1ccc(C2SCCCS2)cc1)NCCc1cn2ccccc2n1. The second-order valence-electron chi connectivity index (χ2n) is 6.58. The third-order valence-electron chi connectivity index (χ3n) is 4.47. The highest BCUT2D eigenvalue weighted by Gasteiger charge is 2.16. The third-order valence-corrected chi connectivity index (χ3v) is 7.48. The molecule has 0 atom stereocenters. The average Bonchev–Trinajstić information content (AvgIpc) is 3.16. The van der Waals surface area contributed by atoms with Gasteiger partial charge in [-0.3, -0.25) is 4.79 Å². The van der Waals surface area contributed by atoms with Gasteiger partial charge in [0, 0.05) is 25.4 Å². The Hall–Kier alpha value is -2.12. The lowest BCUT2D eigenvalue weighted by atomic mass is 10.2. The lowest BCUT2D eigenvalue weighted by molar-refractivity contribution is -0.123. The molecular weight excluding hydrogens is 390 g/mol. The first-order valence-corrected chi connectivity index (χ1v) is 11.5. The molecule has 1 saturated heterocycles. The zero-order chi connectivity index (χ0) is 19.2. The molecule has 0 aliphatic carbocycles. The summed E-state index contributed by atoms with van der Waals surface area (Å²) < 4.78 is 8.12. The zero-order valence-corrected chi connectivity index (χ0v) is 17.2. The van der Waals surface area contributed by atoms with Crippen molar-refractivity contribution in [2.24, 2.45) is 0 Å². The quantitative estimate of drug-likeness (QED) is 0.636. The smallest absolute Gasteiger partial charge is 0.257 e. The van der Waals surface area contributed by atoms with Crippen LogP contribution in [0.1, 0.15) is 22.3 Å². The molecule has 5 nitrogen and oxygen atoms in total. The summed E-state index contributed by atoms with van der Waals surface area (Å²) in [6.07, 6.45) is 5.94. The van der Waals surface area contributed by atoms with Gasteiger partial charge in [0.2, 0.25) is 0 Å². The Morgan fingerprint density at radius 2 is 2.00 bits per heavy atom. The van der Waals surface area contributed by atoms with Gasteiger partial charge in [0.1, 0.15) is 11.4 Å². The van der Waals surface area contributed by atoms with Crippen molar-refractivity contribution in [2.75, 3.05) is 24.7 Å². The maximum absolute atomic E-state index is 12.0. The topological polar surface area (TPSA) is 55.6 Å². The minimum Gasteiger partial charge on any atom is -0.484 e. The predicted octanol–water partition coefficient (Wildman–Crippen LogP) is 3.94. The number of nitrogens with one attached hydrogen (secondary N) is 1. The van der Waals surface area contributed by atoms with Crippen LogP contribution in [0.25, 0.3) is 5.65 Å². The summed E-state index contributed by atoms with van der Waals surface area (Å²) in [7, 11) is 0. The number of rotatable bonds is 7. The number of nitrogens with zero attached hydrogens (tertiary/aromatic N) is 2. The fourth-order valence-corrected chi connectivity index (χ4v) is 5.93. The normalized spacial score (nSPS) is 14.9. The summed E-state index contributed by atoms with van der Waals surface area (Å²) in [5, 5.41) is 2.89. The van der Waals surface area contributed by atoms with Crippen LogP contribution < -0.4 is 10.1 Å². The number of carbonyl (C=O) groups excluding carboxylic acids is 1. The maximum atomic E-state index is 12.0. The van der Waals surface area contributed by atoms with E-state index in [1.54, 1.807) is 0 Å². The van der Waals surface area contributed by atoms with Crippen molar-refractivity contribution in [2.45, 2.75) is 17.4 Å². The van der Waals surface area contributed by atoms with Crippen molar-refractivity contribution in [1.82, 2.24) is 14.7 Å². The van der Waals surface area contributed by atoms with Crippen LogP contribution in [-0.4, -0.2) is 39.9 Å². The molecule has 3 heterocycles. The summed E-state index contributed by atoms with van der Waals surface area (Å²) in [5.74, 6) is 3.06. The van der Waals surface area contributed by atoms with E-state index in [0.717, 1.165) is 17.1 Å². The van der Waals surface area contributed by atoms with Crippen LogP contribution in [-0.2, 0) is 11.2 Å². The number of imidazole rings is 1. The van der Waals surface area contributed by atoms with Gasteiger partial charge >= 0.3 is 0 Å². The molecule has 146 valence electrons. The average molecular weight is 414 g/mol. The first-order valence-electron chi connectivity index (χ1n) is 9.43. The van der Waals surface area contributed by atoms with Crippen molar-refractivity contribution >= 4 is 35.1 Å². The maximum Gasteiger partial charge on any atom is 0.257 e. The molecule has 1 aliphatic heterocycles. The minimum absolute atomic E-state index is 0.0252. The molecule has 1 N–H and O–H groups in total. The monoisotopic (exact) mass is 413 g/mol. The summed E-state index contributed by atoms with van der Waals surface area (Å²) in [6, 6.07) is 14.0. The van der Waals surface area contributed by atoms with Gasteiger partial charge in [-0.2, -0.15) is 0 Å². The number of benzene rings is 1. The van der Waals surface area contributed by atoms with Gasteiger partial charge in [-0.05, 0) is 47.8 Å². The van der Waals surface area contributed by atoms with E-state index in [4.69, 9.17) is 4.74 Å². The summed E-state index contributed by atoms with van der Waals surface area (Å²) in [4.78, 5) is 16.6. The van der Waals surface area contributed by atoms with Gasteiger partial charge in [-0.1, -0.05) is 18.2 Å². The molecule has 0 radical (unpaired) electrons. The van der Waals surface area contributed by atoms with Crippen LogP contribution in [0.4, 0.5) is 0 Å². The van der Waals surface area contributed by atoms with E-state index < -0.39 is 0 Å². The highest BCUT2D eigenvalue weighted by Crippen LogP contribution is 2.43. The summed E-state index contributed by atoms with van der Waals surface area (Å²) in [6.45, 7) is 0.568. The molecule has 28 heavy (non-hydrogen) atoms. The first kappa shape index (κ1) is 19.2. The Bertz CT molecular complexity index is 888.